The Kier molecular flexibility index (Phi) is 6.84. The number of hydrogen-bond acceptors (Lipinski definition) is 7. The molecule has 1 amide bonds. The predicted octanol–water partition coefficient (Wildman–Crippen LogP) is 6.09. The van der Waals surface area contributed by atoms with Crippen molar-refractivity contribution in [1.29, 1.82) is 0 Å². The highest BCUT2D eigenvalue weighted by Crippen LogP contribution is 2.42. The quantitative estimate of drug-likeness (QED) is 0.253. The van der Waals surface area contributed by atoms with Gasteiger partial charge in [-0.2, -0.15) is 0 Å². The number of hydrogen-bond donors (Lipinski definition) is 0. The summed E-state index contributed by atoms with van der Waals surface area (Å²) in [6.45, 7) is 7.60. The van der Waals surface area contributed by atoms with Crippen molar-refractivity contribution in [3.05, 3.63) is 93.3 Å². The Bertz CT molecular complexity index is 1640. The highest BCUT2D eigenvalue weighted by Gasteiger charge is 2.43. The lowest BCUT2D eigenvalue weighted by molar-refractivity contribution is 0.0714. The van der Waals surface area contributed by atoms with Gasteiger partial charge in [0.2, 0.25) is 12.6 Å². The van der Waals surface area contributed by atoms with E-state index in [2.05, 4.69) is 13.8 Å². The van der Waals surface area contributed by atoms with E-state index in [1.165, 1.54) is 0 Å². The van der Waals surface area contributed by atoms with Crippen LogP contribution in [0.2, 0.25) is 0 Å². The lowest BCUT2D eigenvalue weighted by atomic mass is 9.97. The largest absolute Gasteiger partial charge is 0.490 e. The van der Waals surface area contributed by atoms with Gasteiger partial charge in [0.15, 0.2) is 28.4 Å². The van der Waals surface area contributed by atoms with Crippen LogP contribution in [0.5, 0.6) is 23.0 Å². The molecule has 0 unspecified atom stereocenters. The van der Waals surface area contributed by atoms with Gasteiger partial charge >= 0.3 is 0 Å². The summed E-state index contributed by atoms with van der Waals surface area (Å²) >= 11 is 0. The standard InChI is InChI=1S/C32H31NO7/c1-4-36-27-16-21(10-12-24(27)37-14-13-19(2)3)29-28-30(34)22-7-5-6-8-23(22)40-31(28)32(35)33(29)17-20-9-11-25-26(15-20)39-18-38-25/h5-12,15-16,19,29H,4,13-14,17-18H2,1-3H3/t29-/m1/s1. The molecule has 206 valence electrons. The van der Waals surface area contributed by atoms with E-state index in [9.17, 15) is 9.59 Å². The number of carbonyl (C=O) groups excluding carboxylic acids is 1. The molecule has 0 radical (unpaired) electrons. The molecule has 1 aromatic heterocycles. The van der Waals surface area contributed by atoms with E-state index in [-0.39, 0.29) is 30.4 Å². The summed E-state index contributed by atoms with van der Waals surface area (Å²) in [7, 11) is 0. The number of amides is 1. The van der Waals surface area contributed by atoms with Gasteiger partial charge in [0.1, 0.15) is 5.58 Å². The Morgan fingerprint density at radius 2 is 1.77 bits per heavy atom. The molecule has 2 aliphatic rings. The van der Waals surface area contributed by atoms with Crippen LogP contribution in [-0.4, -0.2) is 30.8 Å². The minimum atomic E-state index is -0.683. The summed E-state index contributed by atoms with van der Waals surface area (Å²) in [6.07, 6.45) is 0.912. The number of nitrogens with zero attached hydrogens (tertiary/aromatic N) is 1. The van der Waals surface area contributed by atoms with Crippen LogP contribution < -0.4 is 24.4 Å². The first-order valence-corrected chi connectivity index (χ1v) is 13.6. The van der Waals surface area contributed by atoms with Crippen LogP contribution in [0.3, 0.4) is 0 Å². The number of para-hydroxylation sites is 1. The van der Waals surface area contributed by atoms with Crippen molar-refractivity contribution < 1.29 is 28.2 Å². The molecule has 0 bridgehead atoms. The predicted molar refractivity (Wildman–Crippen MR) is 149 cm³/mol. The van der Waals surface area contributed by atoms with Crippen molar-refractivity contribution in [2.24, 2.45) is 5.92 Å². The van der Waals surface area contributed by atoms with Crippen LogP contribution in [-0.2, 0) is 6.54 Å². The minimum absolute atomic E-state index is 0.0599. The average molecular weight is 542 g/mol. The Labute approximate surface area is 232 Å². The number of carbonyl (C=O) groups is 1. The van der Waals surface area contributed by atoms with Crippen LogP contribution in [0, 0.1) is 5.92 Å². The van der Waals surface area contributed by atoms with Gasteiger partial charge in [-0.25, -0.2) is 0 Å². The number of benzene rings is 3. The van der Waals surface area contributed by atoms with E-state index in [0.29, 0.717) is 58.7 Å². The molecule has 8 nitrogen and oxygen atoms in total. The highest BCUT2D eigenvalue weighted by atomic mass is 16.7. The minimum Gasteiger partial charge on any atom is -0.490 e. The first-order chi connectivity index (χ1) is 19.4. The van der Waals surface area contributed by atoms with Gasteiger partial charge in [-0.1, -0.05) is 38.1 Å². The number of rotatable bonds is 9. The first kappa shape index (κ1) is 25.8. The topological polar surface area (TPSA) is 87.4 Å². The molecule has 3 aromatic carbocycles. The zero-order valence-corrected chi connectivity index (χ0v) is 22.8. The van der Waals surface area contributed by atoms with Gasteiger partial charge in [0.25, 0.3) is 5.91 Å². The normalized spacial score (nSPS) is 15.7. The van der Waals surface area contributed by atoms with E-state index in [4.69, 9.17) is 23.4 Å². The smallest absolute Gasteiger partial charge is 0.291 e. The molecule has 0 aliphatic carbocycles. The molecule has 0 fully saturated rings. The average Bonchev–Trinajstić information content (AvgIpc) is 3.52. The van der Waals surface area contributed by atoms with Crippen LogP contribution in [0.4, 0.5) is 0 Å². The van der Waals surface area contributed by atoms with Gasteiger partial charge < -0.3 is 28.3 Å². The molecule has 8 heteroatoms. The maximum Gasteiger partial charge on any atom is 0.291 e. The van der Waals surface area contributed by atoms with E-state index >= 15 is 0 Å². The summed E-state index contributed by atoms with van der Waals surface area (Å²) in [6, 6.07) is 17.5. The number of fused-ring (bicyclic) bond motifs is 3. The van der Waals surface area contributed by atoms with Crippen LogP contribution in [0.25, 0.3) is 11.0 Å². The van der Waals surface area contributed by atoms with Crippen molar-refractivity contribution in [3.63, 3.8) is 0 Å². The Morgan fingerprint density at radius 1 is 0.950 bits per heavy atom. The summed E-state index contributed by atoms with van der Waals surface area (Å²) in [4.78, 5) is 29.4. The van der Waals surface area contributed by atoms with Crippen molar-refractivity contribution in [1.82, 2.24) is 4.90 Å². The molecular formula is C32H31NO7. The fraction of sp³-hybridized carbons (Fsp3) is 0.312. The van der Waals surface area contributed by atoms with Crippen LogP contribution in [0.15, 0.2) is 69.9 Å². The highest BCUT2D eigenvalue weighted by molar-refractivity contribution is 5.99. The van der Waals surface area contributed by atoms with Gasteiger partial charge in [-0.3, -0.25) is 9.59 Å². The third-order valence-corrected chi connectivity index (χ3v) is 7.20. The summed E-state index contributed by atoms with van der Waals surface area (Å²) in [5, 5.41) is 0.433. The molecule has 0 N–H and O–H groups in total. The molecule has 0 spiro atoms. The molecule has 0 saturated carbocycles. The van der Waals surface area contributed by atoms with E-state index in [1.807, 2.05) is 43.3 Å². The zero-order valence-electron chi connectivity index (χ0n) is 22.8. The molecule has 6 rings (SSSR count). The third kappa shape index (κ3) is 4.63. The SMILES string of the molecule is CCOc1cc([C@@H]2c3c(oc4ccccc4c3=O)C(=O)N2Cc2ccc3c(c2)OCO3)ccc1OCCC(C)C. The fourth-order valence-electron chi connectivity index (χ4n) is 5.20. The molecule has 3 heterocycles. The maximum atomic E-state index is 13.9. The van der Waals surface area contributed by atoms with Crippen molar-refractivity contribution in [2.45, 2.75) is 39.8 Å². The van der Waals surface area contributed by atoms with E-state index in [0.717, 1.165) is 17.5 Å². The summed E-state index contributed by atoms with van der Waals surface area (Å²) < 4.78 is 29.1. The fourth-order valence-corrected chi connectivity index (χ4v) is 5.20. The van der Waals surface area contributed by atoms with Crippen molar-refractivity contribution in [2.75, 3.05) is 20.0 Å². The second-order valence-corrected chi connectivity index (χ2v) is 10.4. The summed E-state index contributed by atoms with van der Waals surface area (Å²) in [5.74, 6) is 2.70. The summed E-state index contributed by atoms with van der Waals surface area (Å²) in [5.41, 5.74) is 2.05. The van der Waals surface area contributed by atoms with Crippen LogP contribution >= 0.6 is 0 Å². The Morgan fingerprint density at radius 3 is 2.60 bits per heavy atom. The Hall–Kier alpha value is -4.46. The molecule has 4 aromatic rings. The van der Waals surface area contributed by atoms with Gasteiger partial charge in [0, 0.05) is 6.54 Å². The molecule has 40 heavy (non-hydrogen) atoms. The second-order valence-electron chi connectivity index (χ2n) is 10.4. The van der Waals surface area contributed by atoms with E-state index < -0.39 is 6.04 Å². The molecule has 1 atom stereocenters. The van der Waals surface area contributed by atoms with Gasteiger partial charge in [0.05, 0.1) is 30.2 Å². The monoisotopic (exact) mass is 541 g/mol. The first-order valence-electron chi connectivity index (χ1n) is 13.6. The molecule has 2 aliphatic heterocycles. The lowest BCUT2D eigenvalue weighted by Crippen LogP contribution is -2.29. The van der Waals surface area contributed by atoms with Gasteiger partial charge in [-0.15, -0.1) is 0 Å². The third-order valence-electron chi connectivity index (χ3n) is 7.20. The zero-order chi connectivity index (χ0) is 27.8. The van der Waals surface area contributed by atoms with Crippen molar-refractivity contribution in [3.8, 4) is 23.0 Å². The van der Waals surface area contributed by atoms with E-state index in [1.54, 1.807) is 29.2 Å². The number of ether oxygens (including phenoxy) is 4. The molecule has 0 saturated heterocycles. The Balaban J connectivity index is 1.45. The van der Waals surface area contributed by atoms with Crippen molar-refractivity contribution >= 4 is 16.9 Å². The lowest BCUT2D eigenvalue weighted by Gasteiger charge is -2.26. The second kappa shape index (κ2) is 10.6. The molecular weight excluding hydrogens is 510 g/mol. The van der Waals surface area contributed by atoms with Gasteiger partial charge in [-0.05, 0) is 66.8 Å². The maximum absolute atomic E-state index is 13.9. The van der Waals surface area contributed by atoms with Crippen LogP contribution in [0.1, 0.15) is 60.5 Å².